The number of carbonyl (C=O) groups is 1. The molecule has 1 heterocycles. The van der Waals surface area contributed by atoms with E-state index < -0.39 is 28.2 Å². The van der Waals surface area contributed by atoms with E-state index in [4.69, 9.17) is 0 Å². The average Bonchev–Trinajstić information content (AvgIpc) is 2.92. The fourth-order valence-corrected chi connectivity index (χ4v) is 5.89. The minimum Gasteiger partial charge on any atom is -0.507 e. The number of amides is 1. The Balaban J connectivity index is 1.55. The first kappa shape index (κ1) is 25.7. The van der Waals surface area contributed by atoms with E-state index in [1.54, 1.807) is 54.6 Å². The van der Waals surface area contributed by atoms with Crippen LogP contribution in [-0.4, -0.2) is 29.1 Å². The number of phenolic OH excluding ortho intramolecular Hbond substituents is 1. The molecule has 4 aromatic carbocycles. The van der Waals surface area contributed by atoms with Gasteiger partial charge in [0.1, 0.15) is 5.75 Å². The van der Waals surface area contributed by atoms with Crippen LogP contribution in [0.15, 0.2) is 108 Å². The topological polar surface area (TPSA) is 115 Å². The molecule has 0 radical (unpaired) electrons. The average molecular weight is 530 g/mol. The summed E-state index contributed by atoms with van der Waals surface area (Å²) in [5, 5.41) is 21.0. The van der Waals surface area contributed by atoms with E-state index in [2.05, 4.69) is 0 Å². The molecule has 8 heteroatoms. The van der Waals surface area contributed by atoms with Crippen LogP contribution in [0.3, 0.4) is 0 Å². The van der Waals surface area contributed by atoms with Gasteiger partial charge in [0.2, 0.25) is 5.91 Å². The molecule has 5 rings (SSSR count). The van der Waals surface area contributed by atoms with Gasteiger partial charge in [0.15, 0.2) is 0 Å². The molecular weight excluding hydrogens is 502 g/mol. The van der Waals surface area contributed by atoms with Gasteiger partial charge in [-0.15, -0.1) is 0 Å². The molecule has 1 saturated heterocycles. The van der Waals surface area contributed by atoms with Gasteiger partial charge in [-0.2, -0.15) is 8.42 Å². The number of β-lactam (4-membered cyclic amide) rings is 1. The summed E-state index contributed by atoms with van der Waals surface area (Å²) in [5.41, 5.74) is 2.44. The summed E-state index contributed by atoms with van der Waals surface area (Å²) in [7, 11) is -4.69. The van der Waals surface area contributed by atoms with Crippen molar-refractivity contribution in [3.63, 3.8) is 0 Å². The first-order chi connectivity index (χ1) is 18.3. The van der Waals surface area contributed by atoms with Crippen molar-refractivity contribution in [1.29, 1.82) is 0 Å². The van der Waals surface area contributed by atoms with Crippen molar-refractivity contribution in [1.82, 2.24) is 0 Å². The molecule has 1 aliphatic heterocycles. The summed E-state index contributed by atoms with van der Waals surface area (Å²) in [4.78, 5) is 14.6. The summed E-state index contributed by atoms with van der Waals surface area (Å²) in [6.07, 6.45) is -0.161. The van der Waals surface area contributed by atoms with Gasteiger partial charge >= 0.3 is 0 Å². The number of phenols is 1. The van der Waals surface area contributed by atoms with Crippen LogP contribution >= 0.6 is 0 Å². The third-order valence-electron chi connectivity index (χ3n) is 7.01. The van der Waals surface area contributed by atoms with Crippen molar-refractivity contribution in [3.8, 4) is 16.9 Å². The zero-order valence-electron chi connectivity index (χ0n) is 20.4. The number of aromatic hydroxyl groups is 1. The molecule has 0 spiro atoms. The minimum absolute atomic E-state index is 0.0287. The van der Waals surface area contributed by atoms with Gasteiger partial charge in [0.25, 0.3) is 10.1 Å². The van der Waals surface area contributed by atoms with E-state index in [0.717, 1.165) is 5.56 Å². The second kappa shape index (κ2) is 10.4. The molecule has 3 N–H and O–H groups in total. The molecule has 0 saturated carbocycles. The van der Waals surface area contributed by atoms with Gasteiger partial charge in [-0.1, -0.05) is 78.9 Å². The van der Waals surface area contributed by atoms with Crippen LogP contribution in [0.25, 0.3) is 11.1 Å². The lowest BCUT2D eigenvalue weighted by atomic mass is 9.78. The van der Waals surface area contributed by atoms with Crippen molar-refractivity contribution >= 4 is 21.7 Å². The fraction of sp³-hybridized carbons (Fsp3) is 0.167. The molecule has 38 heavy (non-hydrogen) atoms. The lowest BCUT2D eigenvalue weighted by Crippen LogP contribution is -2.55. The number of hydrogen-bond donors (Lipinski definition) is 3. The molecule has 0 aliphatic carbocycles. The minimum atomic E-state index is -4.69. The van der Waals surface area contributed by atoms with E-state index in [1.807, 2.05) is 36.4 Å². The molecule has 1 fully saturated rings. The highest BCUT2D eigenvalue weighted by atomic mass is 32.2. The van der Waals surface area contributed by atoms with Crippen LogP contribution in [0.2, 0.25) is 0 Å². The number of rotatable bonds is 8. The molecular formula is C30H27NO6S. The van der Waals surface area contributed by atoms with E-state index in [-0.39, 0.29) is 22.1 Å². The summed E-state index contributed by atoms with van der Waals surface area (Å²) in [6.45, 7) is 0. The monoisotopic (exact) mass is 529 g/mol. The highest BCUT2D eigenvalue weighted by Crippen LogP contribution is 2.48. The quantitative estimate of drug-likeness (QED) is 0.204. The number of anilines is 1. The normalized spacial score (nSPS) is 18.2. The Morgan fingerprint density at radius 1 is 0.842 bits per heavy atom. The highest BCUT2D eigenvalue weighted by Gasteiger charge is 2.50. The van der Waals surface area contributed by atoms with Gasteiger partial charge < -0.3 is 15.1 Å². The number of benzene rings is 4. The Hall–Kier alpha value is -3.98. The summed E-state index contributed by atoms with van der Waals surface area (Å²) in [5.74, 6) is -0.823. The molecule has 7 nitrogen and oxygen atoms in total. The van der Waals surface area contributed by atoms with E-state index in [9.17, 15) is 28.0 Å². The van der Waals surface area contributed by atoms with Crippen molar-refractivity contribution in [3.05, 3.63) is 114 Å². The highest BCUT2D eigenvalue weighted by molar-refractivity contribution is 7.85. The van der Waals surface area contributed by atoms with Crippen LogP contribution < -0.4 is 4.90 Å². The maximum atomic E-state index is 13.4. The molecule has 194 valence electrons. The lowest BCUT2D eigenvalue weighted by molar-refractivity contribution is -0.131. The van der Waals surface area contributed by atoms with Crippen LogP contribution in [0.4, 0.5) is 5.69 Å². The summed E-state index contributed by atoms with van der Waals surface area (Å²) < 4.78 is 35.4. The van der Waals surface area contributed by atoms with Crippen molar-refractivity contribution in [2.75, 3.05) is 4.90 Å². The second-order valence-corrected chi connectivity index (χ2v) is 10.7. The van der Waals surface area contributed by atoms with Gasteiger partial charge in [0.05, 0.1) is 23.0 Å². The number of aliphatic hydroxyl groups is 1. The molecule has 0 unspecified atom stereocenters. The maximum absolute atomic E-state index is 13.4. The van der Waals surface area contributed by atoms with E-state index in [0.29, 0.717) is 29.7 Å². The first-order valence-corrected chi connectivity index (χ1v) is 13.7. The third kappa shape index (κ3) is 4.93. The SMILES string of the molecule is O=C1[C@H](CC[C@H](O)c2ccccc2)[C@@H](c2ccc(-c3ccccc3O)cc2S(=O)(=O)O)N1c1ccccc1. The fourth-order valence-electron chi connectivity index (χ4n) is 5.13. The number of para-hydroxylation sites is 2. The molecule has 4 aromatic rings. The van der Waals surface area contributed by atoms with Crippen molar-refractivity contribution < 1.29 is 28.0 Å². The van der Waals surface area contributed by atoms with Gasteiger partial charge in [-0.3, -0.25) is 9.35 Å². The van der Waals surface area contributed by atoms with Crippen molar-refractivity contribution in [2.45, 2.75) is 29.9 Å². The molecule has 1 aliphatic rings. The zero-order chi connectivity index (χ0) is 26.9. The number of carbonyl (C=O) groups excluding carboxylic acids is 1. The molecule has 1 amide bonds. The Morgan fingerprint density at radius 2 is 1.47 bits per heavy atom. The Labute approximate surface area is 221 Å². The van der Waals surface area contributed by atoms with Crippen LogP contribution in [0, 0.1) is 5.92 Å². The summed E-state index contributed by atoms with van der Waals surface area (Å²) in [6, 6.07) is 28.5. The standard InChI is InChI=1S/C30H27NO6S/c32-26(20-9-3-1-4-10-20)18-17-25-29(31(30(25)34)22-11-5-2-6-12-22)24-16-15-21(19-28(24)38(35,36)37)23-13-7-8-14-27(23)33/h1-16,19,25-26,29,32-33H,17-18H2,(H,35,36,37)/t25-,26+,29-/m1/s1. The van der Waals surface area contributed by atoms with Crippen LogP contribution in [0.5, 0.6) is 5.75 Å². The number of nitrogens with zero attached hydrogens (tertiary/aromatic N) is 1. The van der Waals surface area contributed by atoms with E-state index in [1.165, 1.54) is 17.0 Å². The van der Waals surface area contributed by atoms with Gasteiger partial charge in [0, 0.05) is 11.3 Å². The predicted molar refractivity (Wildman–Crippen MR) is 144 cm³/mol. The second-order valence-electron chi connectivity index (χ2n) is 9.34. The molecule has 0 bridgehead atoms. The largest absolute Gasteiger partial charge is 0.507 e. The number of aliphatic hydroxyl groups excluding tert-OH is 1. The third-order valence-corrected chi connectivity index (χ3v) is 7.92. The predicted octanol–water partition coefficient (Wildman–Crippen LogP) is 5.52. The summed E-state index contributed by atoms with van der Waals surface area (Å²) >= 11 is 0. The van der Waals surface area contributed by atoms with Gasteiger partial charge in [-0.05, 0) is 53.8 Å². The first-order valence-electron chi connectivity index (χ1n) is 12.3. The number of hydrogen-bond acceptors (Lipinski definition) is 5. The Morgan fingerprint density at radius 3 is 2.13 bits per heavy atom. The molecule has 3 atom stereocenters. The Kier molecular flexibility index (Phi) is 7.03. The zero-order valence-corrected chi connectivity index (χ0v) is 21.2. The molecule has 0 aromatic heterocycles. The Bertz CT molecular complexity index is 1560. The van der Waals surface area contributed by atoms with Crippen LogP contribution in [-0.2, 0) is 14.9 Å². The lowest BCUT2D eigenvalue weighted by Gasteiger charge is -2.48. The smallest absolute Gasteiger partial charge is 0.294 e. The van der Waals surface area contributed by atoms with Crippen LogP contribution in [0.1, 0.15) is 36.1 Å². The maximum Gasteiger partial charge on any atom is 0.294 e. The van der Waals surface area contributed by atoms with Crippen molar-refractivity contribution in [2.24, 2.45) is 5.92 Å². The van der Waals surface area contributed by atoms with E-state index >= 15 is 0 Å². The van der Waals surface area contributed by atoms with Gasteiger partial charge in [-0.25, -0.2) is 0 Å².